The standard InChI is InChI=1S/C21H23ClN4O3S/c1-13-11-26(12-14(2)29-13)20-6-7-23-18-5-4-15(8-17(18)20)16-9-19(21(22)24-10-16)25-30(3,27)28/h4-10,13-14,25H,11-12H2,1-3H3/t13-,14-/m1/s1. The van der Waals surface area contributed by atoms with Crippen LogP contribution in [0.4, 0.5) is 11.4 Å². The molecule has 0 unspecified atom stereocenters. The molecule has 158 valence electrons. The molecule has 2 aromatic heterocycles. The monoisotopic (exact) mass is 446 g/mol. The van der Waals surface area contributed by atoms with Crippen molar-refractivity contribution < 1.29 is 13.2 Å². The van der Waals surface area contributed by atoms with E-state index in [0.717, 1.165) is 47.1 Å². The lowest BCUT2D eigenvalue weighted by Crippen LogP contribution is -2.45. The van der Waals surface area contributed by atoms with Gasteiger partial charge in [-0.05, 0) is 43.7 Å². The van der Waals surface area contributed by atoms with E-state index in [1.165, 1.54) is 0 Å². The molecule has 4 rings (SSSR count). The fraction of sp³-hybridized carbons (Fsp3) is 0.333. The zero-order valence-electron chi connectivity index (χ0n) is 17.0. The van der Waals surface area contributed by atoms with Crippen LogP contribution in [0.2, 0.25) is 5.15 Å². The van der Waals surface area contributed by atoms with E-state index in [2.05, 4.69) is 39.5 Å². The second-order valence-corrected chi connectivity index (χ2v) is 9.77. The Bertz CT molecular complexity index is 1190. The molecule has 1 fully saturated rings. The van der Waals surface area contributed by atoms with Crippen LogP contribution in [0.3, 0.4) is 0 Å². The topological polar surface area (TPSA) is 84.4 Å². The van der Waals surface area contributed by atoms with Gasteiger partial charge in [0.1, 0.15) is 0 Å². The highest BCUT2D eigenvalue weighted by Gasteiger charge is 2.23. The van der Waals surface area contributed by atoms with Crippen LogP contribution in [0.5, 0.6) is 0 Å². The van der Waals surface area contributed by atoms with Crippen molar-refractivity contribution in [3.63, 3.8) is 0 Å². The van der Waals surface area contributed by atoms with Crippen molar-refractivity contribution in [1.82, 2.24) is 9.97 Å². The van der Waals surface area contributed by atoms with Gasteiger partial charge < -0.3 is 9.64 Å². The summed E-state index contributed by atoms with van der Waals surface area (Å²) in [6, 6.07) is 9.66. The van der Waals surface area contributed by atoms with Gasteiger partial charge in [0.2, 0.25) is 10.0 Å². The van der Waals surface area contributed by atoms with Crippen LogP contribution in [-0.4, -0.2) is 49.9 Å². The smallest absolute Gasteiger partial charge is 0.229 e. The molecule has 3 aromatic rings. The SMILES string of the molecule is C[C@@H]1CN(c2ccnc3ccc(-c4cnc(Cl)c(NS(C)(=O)=O)c4)cc23)C[C@@H](C)O1. The summed E-state index contributed by atoms with van der Waals surface area (Å²) in [5.41, 5.74) is 3.89. The molecule has 1 saturated heterocycles. The van der Waals surface area contributed by atoms with Crippen molar-refractivity contribution in [2.24, 2.45) is 0 Å². The number of nitrogens with zero attached hydrogens (tertiary/aromatic N) is 3. The number of nitrogens with one attached hydrogen (secondary N) is 1. The van der Waals surface area contributed by atoms with E-state index in [-0.39, 0.29) is 23.0 Å². The zero-order chi connectivity index (χ0) is 21.5. The first-order valence-corrected chi connectivity index (χ1v) is 11.9. The van der Waals surface area contributed by atoms with Crippen molar-refractivity contribution in [3.05, 3.63) is 47.9 Å². The summed E-state index contributed by atoms with van der Waals surface area (Å²) >= 11 is 6.07. The highest BCUT2D eigenvalue weighted by Crippen LogP contribution is 2.33. The van der Waals surface area contributed by atoms with E-state index in [0.29, 0.717) is 0 Å². The number of pyridine rings is 2. The molecule has 0 bridgehead atoms. The molecular formula is C21H23ClN4O3S. The maximum Gasteiger partial charge on any atom is 0.229 e. The number of anilines is 2. The number of morpholine rings is 1. The molecule has 7 nitrogen and oxygen atoms in total. The molecule has 30 heavy (non-hydrogen) atoms. The van der Waals surface area contributed by atoms with E-state index in [1.807, 2.05) is 24.4 Å². The van der Waals surface area contributed by atoms with E-state index in [4.69, 9.17) is 16.3 Å². The molecule has 2 atom stereocenters. The van der Waals surface area contributed by atoms with Crippen LogP contribution >= 0.6 is 11.6 Å². The molecule has 0 radical (unpaired) electrons. The van der Waals surface area contributed by atoms with Crippen LogP contribution < -0.4 is 9.62 Å². The normalized spacial score (nSPS) is 19.8. The predicted octanol–water partition coefficient (Wildman–Crippen LogP) is 3.94. The Labute approximate surface area is 181 Å². The molecule has 1 N–H and O–H groups in total. The average Bonchev–Trinajstić information content (AvgIpc) is 2.67. The molecule has 0 amide bonds. The second-order valence-electron chi connectivity index (χ2n) is 7.66. The Morgan fingerprint density at radius 1 is 1.10 bits per heavy atom. The summed E-state index contributed by atoms with van der Waals surface area (Å²) in [6.07, 6.45) is 4.82. The Hall–Kier alpha value is -2.42. The number of hydrogen-bond donors (Lipinski definition) is 1. The molecule has 0 saturated carbocycles. The quantitative estimate of drug-likeness (QED) is 0.611. The number of benzene rings is 1. The Morgan fingerprint density at radius 2 is 1.83 bits per heavy atom. The third-order valence-corrected chi connectivity index (χ3v) is 5.84. The third-order valence-electron chi connectivity index (χ3n) is 4.95. The number of fused-ring (bicyclic) bond motifs is 1. The molecule has 0 aliphatic carbocycles. The van der Waals surface area contributed by atoms with Gasteiger partial charge in [-0.2, -0.15) is 0 Å². The first-order chi connectivity index (χ1) is 14.2. The molecule has 9 heteroatoms. The summed E-state index contributed by atoms with van der Waals surface area (Å²) < 4.78 is 31.5. The fourth-order valence-electron chi connectivity index (χ4n) is 3.84. The first-order valence-electron chi connectivity index (χ1n) is 9.62. The van der Waals surface area contributed by atoms with Gasteiger partial charge in [0, 0.05) is 42.1 Å². The third kappa shape index (κ3) is 4.50. The molecule has 1 aliphatic heterocycles. The van der Waals surface area contributed by atoms with Crippen molar-refractivity contribution >= 4 is 43.9 Å². The van der Waals surface area contributed by atoms with Crippen LogP contribution in [0.15, 0.2) is 42.7 Å². The van der Waals surface area contributed by atoms with Gasteiger partial charge in [-0.1, -0.05) is 17.7 Å². The van der Waals surface area contributed by atoms with Gasteiger partial charge in [-0.25, -0.2) is 13.4 Å². The van der Waals surface area contributed by atoms with E-state index in [1.54, 1.807) is 12.3 Å². The summed E-state index contributed by atoms with van der Waals surface area (Å²) in [4.78, 5) is 11.0. The van der Waals surface area contributed by atoms with Gasteiger partial charge in [-0.15, -0.1) is 0 Å². The number of ether oxygens (including phenoxy) is 1. The largest absolute Gasteiger partial charge is 0.372 e. The minimum absolute atomic E-state index is 0.101. The van der Waals surface area contributed by atoms with Gasteiger partial charge in [0.15, 0.2) is 5.15 Å². The Balaban J connectivity index is 1.78. The van der Waals surface area contributed by atoms with E-state index < -0.39 is 10.0 Å². The minimum Gasteiger partial charge on any atom is -0.372 e. The maximum atomic E-state index is 11.6. The molecule has 1 aromatic carbocycles. The summed E-state index contributed by atoms with van der Waals surface area (Å²) in [5, 5.41) is 1.12. The van der Waals surface area contributed by atoms with Gasteiger partial charge in [0.05, 0.1) is 29.7 Å². The summed E-state index contributed by atoms with van der Waals surface area (Å²) in [7, 11) is -3.47. The molecular weight excluding hydrogens is 424 g/mol. The molecule has 3 heterocycles. The van der Waals surface area contributed by atoms with E-state index in [9.17, 15) is 8.42 Å². The minimum atomic E-state index is -3.47. The van der Waals surface area contributed by atoms with Crippen LogP contribution in [0, 0.1) is 0 Å². The molecule has 0 spiro atoms. The van der Waals surface area contributed by atoms with Crippen molar-refractivity contribution in [3.8, 4) is 11.1 Å². The number of rotatable bonds is 4. The maximum absolute atomic E-state index is 11.6. The van der Waals surface area contributed by atoms with Crippen molar-refractivity contribution in [2.75, 3.05) is 29.0 Å². The number of aromatic nitrogens is 2. The lowest BCUT2D eigenvalue weighted by atomic mass is 10.0. The highest BCUT2D eigenvalue weighted by atomic mass is 35.5. The summed E-state index contributed by atoms with van der Waals surface area (Å²) in [5.74, 6) is 0. The van der Waals surface area contributed by atoms with Gasteiger partial charge >= 0.3 is 0 Å². The lowest BCUT2D eigenvalue weighted by molar-refractivity contribution is -0.00513. The van der Waals surface area contributed by atoms with Crippen molar-refractivity contribution in [1.29, 1.82) is 0 Å². The number of hydrogen-bond acceptors (Lipinski definition) is 6. The predicted molar refractivity (Wildman–Crippen MR) is 121 cm³/mol. The highest BCUT2D eigenvalue weighted by molar-refractivity contribution is 7.92. The lowest BCUT2D eigenvalue weighted by Gasteiger charge is -2.37. The van der Waals surface area contributed by atoms with Crippen LogP contribution in [-0.2, 0) is 14.8 Å². The molecule has 1 aliphatic rings. The second kappa shape index (κ2) is 8.02. The van der Waals surface area contributed by atoms with E-state index >= 15 is 0 Å². The Morgan fingerprint density at radius 3 is 2.53 bits per heavy atom. The van der Waals surface area contributed by atoms with Crippen LogP contribution in [0.1, 0.15) is 13.8 Å². The number of sulfonamides is 1. The Kier molecular flexibility index (Phi) is 5.57. The summed E-state index contributed by atoms with van der Waals surface area (Å²) in [6.45, 7) is 5.76. The fourth-order valence-corrected chi connectivity index (χ4v) is 4.60. The van der Waals surface area contributed by atoms with Gasteiger partial charge in [0.25, 0.3) is 0 Å². The van der Waals surface area contributed by atoms with Crippen LogP contribution in [0.25, 0.3) is 22.0 Å². The number of halogens is 1. The van der Waals surface area contributed by atoms with Crippen molar-refractivity contribution in [2.45, 2.75) is 26.1 Å². The van der Waals surface area contributed by atoms with Gasteiger partial charge in [-0.3, -0.25) is 9.71 Å². The zero-order valence-corrected chi connectivity index (χ0v) is 18.5. The average molecular weight is 447 g/mol. The first kappa shape index (κ1) is 20.8.